The molecule has 5 aromatic rings. The summed E-state index contributed by atoms with van der Waals surface area (Å²) < 4.78 is 27.7. The van der Waals surface area contributed by atoms with E-state index in [4.69, 9.17) is 0 Å². The van der Waals surface area contributed by atoms with E-state index in [1.807, 2.05) is 12.1 Å². The van der Waals surface area contributed by atoms with Crippen LogP contribution in [0.2, 0.25) is 0 Å². The number of benzene rings is 3. The van der Waals surface area contributed by atoms with Gasteiger partial charge in [0.15, 0.2) is 11.7 Å². The number of thiophene rings is 1. The van der Waals surface area contributed by atoms with Gasteiger partial charge < -0.3 is 19.9 Å². The Hall–Kier alpha value is -4.45. The van der Waals surface area contributed by atoms with Gasteiger partial charge in [0.1, 0.15) is 0 Å². The van der Waals surface area contributed by atoms with Crippen LogP contribution in [0.3, 0.4) is 0 Å². The van der Waals surface area contributed by atoms with Crippen LogP contribution in [0.1, 0.15) is 21.5 Å². The minimum absolute atomic E-state index is 0.0442. The predicted molar refractivity (Wildman–Crippen MR) is 168 cm³/mol. The fourth-order valence-corrected chi connectivity index (χ4v) is 7.02. The fraction of sp³-hybridized carbons (Fsp3) is 0.161. The molecule has 42 heavy (non-hydrogen) atoms. The average Bonchev–Trinajstić information content (AvgIpc) is 3.65. The maximum Gasteiger partial charge on any atom is 0.262 e. The molecular weight excluding hydrogens is 571 g/mol. The van der Waals surface area contributed by atoms with E-state index >= 15 is 0 Å². The van der Waals surface area contributed by atoms with Crippen molar-refractivity contribution in [2.45, 2.75) is 4.90 Å². The number of hydrogen-bond donors (Lipinski definition) is 3. The summed E-state index contributed by atoms with van der Waals surface area (Å²) in [6.07, 6.45) is 1.61. The lowest BCUT2D eigenvalue weighted by molar-refractivity contribution is 0.103. The normalized spacial score (nSPS) is 14.5. The summed E-state index contributed by atoms with van der Waals surface area (Å²) in [6, 6.07) is 21.0. The van der Waals surface area contributed by atoms with Gasteiger partial charge in [-0.3, -0.25) is 14.5 Å². The van der Waals surface area contributed by atoms with Gasteiger partial charge in [0, 0.05) is 71.2 Å². The number of carbonyl (C=O) groups is 1. The highest BCUT2D eigenvalue weighted by Gasteiger charge is 2.18. The molecule has 1 saturated heterocycles. The van der Waals surface area contributed by atoms with Gasteiger partial charge in [-0.2, -0.15) is 11.3 Å². The first-order valence-corrected chi connectivity index (χ1v) is 15.8. The third-order valence-corrected chi connectivity index (χ3v) is 9.53. The Bertz CT molecular complexity index is 1870. The molecule has 3 N–H and O–H groups in total. The lowest BCUT2D eigenvalue weighted by Gasteiger charge is -2.34. The molecule has 3 aromatic carbocycles. The molecule has 0 aliphatic carbocycles. The highest BCUT2D eigenvalue weighted by molar-refractivity contribution is 7.92. The SMILES string of the molecule is CN1CCN(c2ccc(N=Cc3c(O)[nH]c4cc(C(=O)c5cccc(NS(=O)(=O)c6ccsc6)c5)ccc34)cc2)CC1. The molecule has 2 aromatic heterocycles. The number of aromatic amines is 1. The first-order valence-electron chi connectivity index (χ1n) is 13.4. The van der Waals surface area contributed by atoms with Gasteiger partial charge >= 0.3 is 0 Å². The van der Waals surface area contributed by atoms with E-state index in [2.05, 4.69) is 43.7 Å². The zero-order valence-corrected chi connectivity index (χ0v) is 24.5. The third-order valence-electron chi connectivity index (χ3n) is 7.32. The van der Waals surface area contributed by atoms with Crippen LogP contribution < -0.4 is 9.62 Å². The third kappa shape index (κ3) is 5.80. The van der Waals surface area contributed by atoms with Crippen LogP contribution in [0.15, 0.2) is 93.4 Å². The number of piperazine rings is 1. The van der Waals surface area contributed by atoms with Crippen LogP contribution in [0.5, 0.6) is 5.88 Å². The lowest BCUT2D eigenvalue weighted by Crippen LogP contribution is -2.44. The first-order chi connectivity index (χ1) is 20.3. The Morgan fingerprint density at radius 1 is 1.00 bits per heavy atom. The lowest BCUT2D eigenvalue weighted by atomic mass is 10.0. The van der Waals surface area contributed by atoms with Gasteiger partial charge in [-0.05, 0) is 61.0 Å². The number of nitrogens with zero attached hydrogens (tertiary/aromatic N) is 3. The summed E-state index contributed by atoms with van der Waals surface area (Å²) in [6.45, 7) is 4.06. The molecule has 0 amide bonds. The van der Waals surface area contributed by atoms with Crippen molar-refractivity contribution in [3.8, 4) is 5.88 Å². The minimum Gasteiger partial charge on any atom is -0.494 e. The van der Waals surface area contributed by atoms with Crippen LogP contribution in [0.4, 0.5) is 17.1 Å². The molecule has 1 aliphatic heterocycles. The molecule has 0 radical (unpaired) electrons. The molecule has 3 heterocycles. The number of sulfonamides is 1. The van der Waals surface area contributed by atoms with Crippen molar-refractivity contribution in [2.24, 2.45) is 4.99 Å². The number of rotatable bonds is 8. The number of fused-ring (bicyclic) bond motifs is 1. The molecule has 9 nitrogen and oxygen atoms in total. The van der Waals surface area contributed by atoms with Gasteiger partial charge in [0.25, 0.3) is 10.0 Å². The largest absolute Gasteiger partial charge is 0.494 e. The van der Waals surface area contributed by atoms with E-state index in [1.54, 1.807) is 53.4 Å². The maximum atomic E-state index is 13.3. The van der Waals surface area contributed by atoms with Crippen molar-refractivity contribution < 1.29 is 18.3 Å². The van der Waals surface area contributed by atoms with Gasteiger partial charge in [-0.15, -0.1) is 0 Å². The number of aliphatic imine (C=N–C) groups is 1. The highest BCUT2D eigenvalue weighted by Crippen LogP contribution is 2.29. The van der Waals surface area contributed by atoms with Gasteiger partial charge in [0.05, 0.1) is 16.1 Å². The Balaban J connectivity index is 1.19. The number of carbonyl (C=O) groups excluding carboxylic acids is 1. The molecule has 0 saturated carbocycles. The number of ketones is 1. The van der Waals surface area contributed by atoms with Crippen molar-refractivity contribution in [3.63, 3.8) is 0 Å². The smallest absolute Gasteiger partial charge is 0.262 e. The minimum atomic E-state index is -3.74. The molecule has 1 aliphatic rings. The Kier molecular flexibility index (Phi) is 7.55. The van der Waals surface area contributed by atoms with Crippen molar-refractivity contribution in [2.75, 3.05) is 42.8 Å². The number of aromatic nitrogens is 1. The van der Waals surface area contributed by atoms with E-state index in [1.165, 1.54) is 29.2 Å². The Labute approximate surface area is 247 Å². The molecule has 1 fully saturated rings. The monoisotopic (exact) mass is 599 g/mol. The quantitative estimate of drug-likeness (QED) is 0.161. The first kappa shape index (κ1) is 27.7. The molecule has 0 atom stereocenters. The van der Waals surface area contributed by atoms with Crippen LogP contribution >= 0.6 is 11.3 Å². The summed E-state index contributed by atoms with van der Waals surface area (Å²) in [5.41, 5.74) is 4.06. The Morgan fingerprint density at radius 3 is 2.50 bits per heavy atom. The van der Waals surface area contributed by atoms with Gasteiger partial charge in [-0.25, -0.2) is 8.42 Å². The van der Waals surface area contributed by atoms with Gasteiger partial charge in [-0.1, -0.05) is 24.3 Å². The standard InChI is InChI=1S/C31H29N5O4S2/c1-35-12-14-36(15-13-35)25-8-6-23(7-9-25)32-19-28-27-10-5-22(18-29(27)33-31(28)38)30(37)21-3-2-4-24(17-21)34-42(39,40)26-11-16-41-20-26/h2-11,16-20,33-34,38H,12-15H2,1H3. The Morgan fingerprint density at radius 2 is 1.76 bits per heavy atom. The number of H-pyrrole nitrogens is 1. The zero-order chi connectivity index (χ0) is 29.3. The van der Waals surface area contributed by atoms with E-state index in [9.17, 15) is 18.3 Å². The average molecular weight is 600 g/mol. The summed E-state index contributed by atoms with van der Waals surface area (Å²) in [5.74, 6) is -0.324. The second-order valence-corrected chi connectivity index (χ2v) is 12.6. The van der Waals surface area contributed by atoms with Crippen LogP contribution in [-0.4, -0.2) is 68.6 Å². The molecule has 0 spiro atoms. The number of aromatic hydroxyl groups is 1. The number of hydrogen-bond acceptors (Lipinski definition) is 8. The van der Waals surface area contributed by atoms with Crippen LogP contribution in [0.25, 0.3) is 10.9 Å². The summed E-state index contributed by atoms with van der Waals surface area (Å²) >= 11 is 1.29. The topological polar surface area (TPSA) is 118 Å². The summed E-state index contributed by atoms with van der Waals surface area (Å²) in [4.78, 5) is 25.7. The molecule has 0 unspecified atom stereocenters. The fourth-order valence-electron chi connectivity index (χ4n) is 4.94. The summed E-state index contributed by atoms with van der Waals surface area (Å²) in [5, 5.41) is 14.6. The zero-order valence-electron chi connectivity index (χ0n) is 22.8. The van der Waals surface area contributed by atoms with Crippen LogP contribution in [-0.2, 0) is 10.0 Å². The van der Waals surface area contributed by atoms with Crippen molar-refractivity contribution in [1.82, 2.24) is 9.88 Å². The molecular formula is C31H29N5O4S2. The summed E-state index contributed by atoms with van der Waals surface area (Å²) in [7, 11) is -1.61. The molecule has 11 heteroatoms. The van der Waals surface area contributed by atoms with E-state index in [0.717, 1.165) is 37.3 Å². The molecule has 0 bridgehead atoms. The second kappa shape index (κ2) is 11.4. The van der Waals surface area contributed by atoms with Crippen molar-refractivity contribution in [3.05, 3.63) is 100 Å². The van der Waals surface area contributed by atoms with E-state index < -0.39 is 10.0 Å². The number of anilines is 2. The number of likely N-dealkylation sites (N-methyl/N-ethyl adjacent to an activating group) is 1. The maximum absolute atomic E-state index is 13.3. The van der Waals surface area contributed by atoms with Gasteiger partial charge in [0.2, 0.25) is 0 Å². The van der Waals surface area contributed by atoms with Crippen LogP contribution in [0, 0.1) is 0 Å². The van der Waals surface area contributed by atoms with E-state index in [-0.39, 0.29) is 16.6 Å². The van der Waals surface area contributed by atoms with E-state index in [0.29, 0.717) is 27.9 Å². The number of nitrogens with one attached hydrogen (secondary N) is 2. The second-order valence-electron chi connectivity index (χ2n) is 10.2. The van der Waals surface area contributed by atoms with Crippen molar-refractivity contribution >= 4 is 61.3 Å². The highest BCUT2D eigenvalue weighted by atomic mass is 32.2. The molecule has 214 valence electrons. The predicted octanol–water partition coefficient (Wildman–Crippen LogP) is 5.47. The molecule has 6 rings (SSSR count). The van der Waals surface area contributed by atoms with Crippen molar-refractivity contribution in [1.29, 1.82) is 0 Å².